The highest BCUT2D eigenvalue weighted by Gasteiger charge is 2.27. The third kappa shape index (κ3) is 7.47. The number of hydrazone groups is 1. The van der Waals surface area contributed by atoms with Crippen LogP contribution in [0.4, 0.5) is 5.00 Å². The highest BCUT2D eigenvalue weighted by molar-refractivity contribution is 7.17. The van der Waals surface area contributed by atoms with Gasteiger partial charge in [0.2, 0.25) is 0 Å². The molecule has 1 atom stereocenters. The first-order valence-electron chi connectivity index (χ1n) is 13.9. The van der Waals surface area contributed by atoms with Gasteiger partial charge < -0.3 is 24.3 Å². The van der Waals surface area contributed by atoms with Crippen LogP contribution in [0.3, 0.4) is 0 Å². The molecule has 2 N–H and O–H groups in total. The number of nitrogens with one attached hydrogen (secondary N) is 2. The van der Waals surface area contributed by atoms with E-state index in [2.05, 4.69) is 15.8 Å². The Morgan fingerprint density at radius 2 is 1.79 bits per heavy atom. The second-order valence-electron chi connectivity index (χ2n) is 9.45. The van der Waals surface area contributed by atoms with E-state index in [0.717, 1.165) is 41.7 Å². The molecule has 1 aromatic heterocycles. The lowest BCUT2D eigenvalue weighted by Gasteiger charge is -2.13. The van der Waals surface area contributed by atoms with Crippen molar-refractivity contribution in [1.29, 1.82) is 0 Å². The van der Waals surface area contributed by atoms with E-state index >= 15 is 0 Å². The van der Waals surface area contributed by atoms with E-state index in [-0.39, 0.29) is 12.5 Å². The molecule has 1 aliphatic carbocycles. The molecule has 42 heavy (non-hydrogen) atoms. The van der Waals surface area contributed by atoms with Crippen LogP contribution >= 0.6 is 11.3 Å². The van der Waals surface area contributed by atoms with E-state index in [4.69, 9.17) is 18.9 Å². The summed E-state index contributed by atoms with van der Waals surface area (Å²) in [5.74, 6) is 0.393. The fraction of sp³-hybridized carbons (Fsp3) is 0.355. The van der Waals surface area contributed by atoms with Crippen molar-refractivity contribution in [3.63, 3.8) is 0 Å². The Kier molecular flexibility index (Phi) is 10.6. The lowest BCUT2D eigenvalue weighted by Crippen LogP contribution is -2.33. The lowest BCUT2D eigenvalue weighted by molar-refractivity contribution is -0.127. The van der Waals surface area contributed by atoms with Gasteiger partial charge in [0.15, 0.2) is 17.6 Å². The van der Waals surface area contributed by atoms with E-state index < -0.39 is 18.0 Å². The summed E-state index contributed by atoms with van der Waals surface area (Å²) >= 11 is 1.44. The minimum Gasteiger partial charge on any atom is -0.493 e. The highest BCUT2D eigenvalue weighted by atomic mass is 32.1. The Bertz CT molecular complexity index is 1450. The summed E-state index contributed by atoms with van der Waals surface area (Å²) in [6.07, 6.45) is 4.41. The molecule has 2 aromatic carbocycles. The monoisotopic (exact) mass is 593 g/mol. The number of ether oxygens (including phenoxy) is 4. The van der Waals surface area contributed by atoms with Gasteiger partial charge in [0, 0.05) is 10.4 Å². The Hall–Kier alpha value is -4.38. The number of benzene rings is 2. The number of hydrogen-bond acceptors (Lipinski definition) is 9. The summed E-state index contributed by atoms with van der Waals surface area (Å²) in [5, 5.41) is 7.41. The number of fused-ring (bicyclic) bond motifs is 1. The fourth-order valence-corrected chi connectivity index (χ4v) is 5.76. The molecule has 0 aliphatic heterocycles. The largest absolute Gasteiger partial charge is 0.493 e. The van der Waals surface area contributed by atoms with Crippen LogP contribution in [0.15, 0.2) is 47.6 Å². The second kappa shape index (κ2) is 14.5. The number of aryl methyl sites for hydroxylation is 1. The normalized spacial score (nSPS) is 13.1. The third-order valence-corrected chi connectivity index (χ3v) is 7.76. The fourth-order valence-electron chi connectivity index (χ4n) is 4.49. The molecule has 0 spiro atoms. The standard InChI is InChI=1S/C31H35N3O7S/c1-5-39-24-16-11-20(17-25(24)38-4)18-32-34-28(35)19(3)41-22-14-12-21(13-15-22)29(36)33-30-27(31(37)40-6-2)23-9-7-8-10-26(23)42-30/h11-19H,5-10H2,1-4H3,(H,33,36)(H,34,35)/b32-18-/t19-/m0/s1. The molecule has 0 bridgehead atoms. The van der Waals surface area contributed by atoms with Gasteiger partial charge in [0.25, 0.3) is 11.8 Å². The quantitative estimate of drug-likeness (QED) is 0.164. The Morgan fingerprint density at radius 3 is 2.50 bits per heavy atom. The molecule has 2 amide bonds. The van der Waals surface area contributed by atoms with Crippen molar-refractivity contribution in [2.24, 2.45) is 5.10 Å². The molecule has 0 radical (unpaired) electrons. The molecule has 4 rings (SSSR count). The second-order valence-corrected chi connectivity index (χ2v) is 10.6. The van der Waals surface area contributed by atoms with E-state index in [0.29, 0.717) is 40.0 Å². The molecule has 0 fully saturated rings. The highest BCUT2D eigenvalue weighted by Crippen LogP contribution is 2.39. The Morgan fingerprint density at radius 1 is 1.02 bits per heavy atom. The van der Waals surface area contributed by atoms with Crippen LogP contribution in [0.2, 0.25) is 0 Å². The van der Waals surface area contributed by atoms with Crippen molar-refractivity contribution in [3.8, 4) is 17.2 Å². The number of anilines is 1. The molecule has 0 unspecified atom stereocenters. The minimum atomic E-state index is -0.846. The predicted octanol–water partition coefficient (Wildman–Crippen LogP) is 5.38. The van der Waals surface area contributed by atoms with Gasteiger partial charge in [0.05, 0.1) is 32.1 Å². The number of rotatable bonds is 12. The van der Waals surface area contributed by atoms with Crippen molar-refractivity contribution in [2.45, 2.75) is 52.6 Å². The van der Waals surface area contributed by atoms with Crippen LogP contribution in [0.5, 0.6) is 17.2 Å². The van der Waals surface area contributed by atoms with E-state index in [9.17, 15) is 14.4 Å². The van der Waals surface area contributed by atoms with Crippen LogP contribution < -0.4 is 25.0 Å². The van der Waals surface area contributed by atoms with Gasteiger partial charge >= 0.3 is 5.97 Å². The van der Waals surface area contributed by atoms with Crippen LogP contribution in [0.25, 0.3) is 0 Å². The molecule has 11 heteroatoms. The lowest BCUT2D eigenvalue weighted by atomic mass is 9.95. The zero-order valence-electron chi connectivity index (χ0n) is 24.2. The third-order valence-electron chi connectivity index (χ3n) is 6.55. The van der Waals surface area contributed by atoms with Gasteiger partial charge in [-0.15, -0.1) is 11.3 Å². The average molecular weight is 594 g/mol. The van der Waals surface area contributed by atoms with E-state index in [1.807, 2.05) is 6.92 Å². The van der Waals surface area contributed by atoms with Gasteiger partial charge in [-0.05, 0) is 100 Å². The first-order chi connectivity index (χ1) is 20.3. The van der Waals surface area contributed by atoms with Crippen LogP contribution in [-0.4, -0.2) is 50.4 Å². The average Bonchev–Trinajstić information content (AvgIpc) is 3.36. The maximum atomic E-state index is 13.0. The zero-order valence-corrected chi connectivity index (χ0v) is 25.0. The number of esters is 1. The summed E-state index contributed by atoms with van der Waals surface area (Å²) in [5.41, 5.74) is 5.02. The molecule has 0 saturated carbocycles. The number of amides is 2. The number of thiophene rings is 1. The van der Waals surface area contributed by atoms with Gasteiger partial charge in [-0.25, -0.2) is 10.2 Å². The summed E-state index contributed by atoms with van der Waals surface area (Å²) in [7, 11) is 1.55. The SMILES string of the molecule is CCOC(=O)c1c(NC(=O)c2ccc(O[C@@H](C)C(=O)N/N=C\c3ccc(OCC)c(OC)c3)cc2)sc2c1CCCC2. The van der Waals surface area contributed by atoms with Gasteiger partial charge in [-0.2, -0.15) is 5.10 Å². The molecular weight excluding hydrogens is 558 g/mol. The van der Waals surface area contributed by atoms with Gasteiger partial charge in [0.1, 0.15) is 10.8 Å². The Labute approximate surface area is 249 Å². The van der Waals surface area contributed by atoms with Crippen LogP contribution in [0, 0.1) is 0 Å². The number of nitrogens with zero attached hydrogens (tertiary/aromatic N) is 1. The van der Waals surface area contributed by atoms with Crippen LogP contribution in [0.1, 0.15) is 70.3 Å². The maximum absolute atomic E-state index is 13.0. The topological polar surface area (TPSA) is 125 Å². The van der Waals surface area contributed by atoms with E-state index in [1.165, 1.54) is 17.6 Å². The minimum absolute atomic E-state index is 0.263. The first-order valence-corrected chi connectivity index (χ1v) is 14.7. The first kappa shape index (κ1) is 30.6. The number of hydrogen-bond donors (Lipinski definition) is 2. The molecule has 0 saturated heterocycles. The van der Waals surface area contributed by atoms with Crippen molar-refractivity contribution in [3.05, 3.63) is 69.6 Å². The van der Waals surface area contributed by atoms with E-state index in [1.54, 1.807) is 63.4 Å². The maximum Gasteiger partial charge on any atom is 0.341 e. The number of carbonyl (C=O) groups is 3. The van der Waals surface area contributed by atoms with Gasteiger partial charge in [-0.1, -0.05) is 0 Å². The smallest absolute Gasteiger partial charge is 0.341 e. The molecular formula is C31H35N3O7S. The summed E-state index contributed by atoms with van der Waals surface area (Å²) in [6.45, 7) is 6.03. The summed E-state index contributed by atoms with van der Waals surface area (Å²) in [6, 6.07) is 11.7. The van der Waals surface area contributed by atoms with Crippen LogP contribution in [-0.2, 0) is 22.4 Å². The number of methoxy groups -OCH3 is 1. The van der Waals surface area contributed by atoms with Gasteiger partial charge in [-0.3, -0.25) is 9.59 Å². The molecule has 222 valence electrons. The zero-order chi connectivity index (χ0) is 30.1. The van der Waals surface area contributed by atoms with Crippen molar-refractivity contribution >= 4 is 40.3 Å². The summed E-state index contributed by atoms with van der Waals surface area (Å²) < 4.78 is 21.8. The molecule has 1 heterocycles. The molecule has 10 nitrogen and oxygen atoms in total. The predicted molar refractivity (Wildman–Crippen MR) is 161 cm³/mol. The van der Waals surface area contributed by atoms with Crippen molar-refractivity contribution < 1.29 is 33.3 Å². The summed E-state index contributed by atoms with van der Waals surface area (Å²) in [4.78, 5) is 39.3. The molecule has 3 aromatic rings. The Balaban J connectivity index is 1.34. The van der Waals surface area contributed by atoms with Crippen molar-refractivity contribution in [1.82, 2.24) is 5.43 Å². The number of carbonyl (C=O) groups excluding carboxylic acids is 3. The molecule has 1 aliphatic rings. The van der Waals surface area contributed by atoms with Crippen molar-refractivity contribution in [2.75, 3.05) is 25.6 Å².